The van der Waals surface area contributed by atoms with Crippen molar-refractivity contribution >= 4 is 11.8 Å². The first-order chi connectivity index (χ1) is 11.0. The second-order valence-electron chi connectivity index (χ2n) is 6.96. The fourth-order valence-electron chi connectivity index (χ4n) is 4.07. The summed E-state index contributed by atoms with van der Waals surface area (Å²) < 4.78 is 0. The number of piperazine rings is 1. The number of aryl methyl sites for hydroxylation is 1. The second kappa shape index (κ2) is 6.34. The van der Waals surface area contributed by atoms with E-state index < -0.39 is 0 Å². The minimum absolute atomic E-state index is 0.103. The third-order valence-corrected chi connectivity index (χ3v) is 5.45. The third-order valence-electron chi connectivity index (χ3n) is 5.45. The molecule has 2 fully saturated rings. The smallest absolute Gasteiger partial charge is 0.233 e. The number of hydrogen-bond donors (Lipinski definition) is 0. The number of amides is 2. The number of nitrogens with zero attached hydrogens (tertiary/aromatic N) is 2. The molecule has 0 radical (unpaired) electrons. The molecular formula is C19H26N2O2. The summed E-state index contributed by atoms with van der Waals surface area (Å²) in [5, 5.41) is 0. The molecule has 0 unspecified atom stereocenters. The fraction of sp³-hybridized carbons (Fsp3) is 0.579. The lowest BCUT2D eigenvalue weighted by Crippen LogP contribution is -2.54. The van der Waals surface area contributed by atoms with Crippen molar-refractivity contribution in [1.29, 1.82) is 0 Å². The molecule has 1 heterocycles. The number of carbonyl (C=O) groups excluding carboxylic acids is 2. The Morgan fingerprint density at radius 3 is 2.17 bits per heavy atom. The van der Waals surface area contributed by atoms with Gasteiger partial charge in [-0.3, -0.25) is 9.59 Å². The summed E-state index contributed by atoms with van der Waals surface area (Å²) in [6, 6.07) is 8.44. The first-order valence-electron chi connectivity index (χ1n) is 8.65. The van der Waals surface area contributed by atoms with Crippen molar-refractivity contribution in [3.8, 4) is 0 Å². The van der Waals surface area contributed by atoms with Crippen molar-refractivity contribution < 1.29 is 9.59 Å². The van der Waals surface area contributed by atoms with Crippen molar-refractivity contribution in [2.45, 2.75) is 44.9 Å². The molecule has 2 amide bonds. The largest absolute Gasteiger partial charge is 0.339 e. The highest BCUT2D eigenvalue weighted by molar-refractivity contribution is 5.89. The van der Waals surface area contributed by atoms with Gasteiger partial charge in [0.1, 0.15) is 0 Å². The summed E-state index contributed by atoms with van der Waals surface area (Å²) in [6.45, 7) is 6.32. The van der Waals surface area contributed by atoms with Crippen molar-refractivity contribution in [1.82, 2.24) is 9.80 Å². The molecule has 2 aliphatic rings. The molecule has 1 saturated carbocycles. The summed E-state index contributed by atoms with van der Waals surface area (Å²) >= 11 is 0. The van der Waals surface area contributed by atoms with Gasteiger partial charge in [-0.15, -0.1) is 0 Å². The summed E-state index contributed by atoms with van der Waals surface area (Å²) in [5.41, 5.74) is 2.04. The second-order valence-corrected chi connectivity index (χ2v) is 6.96. The van der Waals surface area contributed by atoms with Crippen LogP contribution in [0.15, 0.2) is 24.3 Å². The Hall–Kier alpha value is -1.84. The van der Waals surface area contributed by atoms with E-state index in [0.29, 0.717) is 26.2 Å². The molecule has 0 bridgehead atoms. The van der Waals surface area contributed by atoms with Crippen molar-refractivity contribution in [3.63, 3.8) is 0 Å². The molecule has 0 spiro atoms. The zero-order chi connectivity index (χ0) is 16.4. The Morgan fingerprint density at radius 1 is 1.00 bits per heavy atom. The first-order valence-corrected chi connectivity index (χ1v) is 8.65. The van der Waals surface area contributed by atoms with Crippen LogP contribution >= 0.6 is 0 Å². The van der Waals surface area contributed by atoms with E-state index in [0.717, 1.165) is 25.7 Å². The van der Waals surface area contributed by atoms with E-state index in [1.54, 1.807) is 6.92 Å². The van der Waals surface area contributed by atoms with Crippen LogP contribution in [-0.2, 0) is 15.0 Å². The summed E-state index contributed by atoms with van der Waals surface area (Å²) in [5.74, 6) is 0.371. The Kier molecular flexibility index (Phi) is 4.42. The predicted molar refractivity (Wildman–Crippen MR) is 90.2 cm³/mol. The van der Waals surface area contributed by atoms with Gasteiger partial charge < -0.3 is 9.80 Å². The van der Waals surface area contributed by atoms with E-state index in [-0.39, 0.29) is 17.2 Å². The molecule has 0 atom stereocenters. The molecule has 3 rings (SSSR count). The van der Waals surface area contributed by atoms with E-state index in [4.69, 9.17) is 0 Å². The Bertz CT molecular complexity index is 597. The number of carbonyl (C=O) groups is 2. The summed E-state index contributed by atoms with van der Waals surface area (Å²) in [6.07, 6.45) is 4.13. The highest BCUT2D eigenvalue weighted by Crippen LogP contribution is 2.43. The monoisotopic (exact) mass is 314 g/mol. The lowest BCUT2D eigenvalue weighted by molar-refractivity contribution is -0.142. The molecule has 124 valence electrons. The van der Waals surface area contributed by atoms with Crippen molar-refractivity contribution in [2.24, 2.45) is 0 Å². The summed E-state index contributed by atoms with van der Waals surface area (Å²) in [4.78, 5) is 28.6. The van der Waals surface area contributed by atoms with Crippen LogP contribution in [0.5, 0.6) is 0 Å². The number of benzene rings is 1. The van der Waals surface area contributed by atoms with Gasteiger partial charge >= 0.3 is 0 Å². The molecule has 1 aromatic rings. The average molecular weight is 314 g/mol. The van der Waals surface area contributed by atoms with Crippen molar-refractivity contribution in [2.75, 3.05) is 26.2 Å². The van der Waals surface area contributed by atoms with Gasteiger partial charge in [0.25, 0.3) is 0 Å². The minimum atomic E-state index is -0.343. The number of hydrogen-bond acceptors (Lipinski definition) is 2. The fourth-order valence-corrected chi connectivity index (χ4v) is 4.07. The van der Waals surface area contributed by atoms with Gasteiger partial charge in [-0.05, 0) is 25.3 Å². The lowest BCUT2D eigenvalue weighted by atomic mass is 9.77. The molecule has 1 aliphatic heterocycles. The molecule has 0 N–H and O–H groups in total. The van der Waals surface area contributed by atoms with Gasteiger partial charge in [-0.25, -0.2) is 0 Å². The van der Waals surface area contributed by atoms with E-state index in [9.17, 15) is 9.59 Å². The predicted octanol–water partition coefficient (Wildman–Crippen LogP) is 2.50. The van der Waals surface area contributed by atoms with Gasteiger partial charge in [0.15, 0.2) is 0 Å². The van der Waals surface area contributed by atoms with E-state index >= 15 is 0 Å². The van der Waals surface area contributed by atoms with Crippen LogP contribution in [0.1, 0.15) is 43.7 Å². The highest BCUT2D eigenvalue weighted by atomic mass is 16.2. The van der Waals surface area contributed by atoms with Crippen LogP contribution in [0.3, 0.4) is 0 Å². The molecular weight excluding hydrogens is 288 g/mol. The highest BCUT2D eigenvalue weighted by Gasteiger charge is 2.45. The first kappa shape index (κ1) is 16.0. The molecule has 1 aliphatic carbocycles. The zero-order valence-electron chi connectivity index (χ0n) is 14.2. The third kappa shape index (κ3) is 2.99. The van der Waals surface area contributed by atoms with E-state index in [2.05, 4.69) is 31.2 Å². The van der Waals surface area contributed by atoms with Gasteiger partial charge in [0, 0.05) is 33.1 Å². The minimum Gasteiger partial charge on any atom is -0.339 e. The average Bonchev–Trinajstić information content (AvgIpc) is 3.05. The van der Waals surface area contributed by atoms with Gasteiger partial charge in [-0.2, -0.15) is 0 Å². The maximum atomic E-state index is 13.3. The standard InChI is InChI=1S/C19H26N2O2/c1-15-6-5-7-17(14-15)19(8-3-4-9-19)18(23)21-12-10-20(11-13-21)16(2)22/h5-7,14H,3-4,8-13H2,1-2H3. The Balaban J connectivity index is 1.82. The van der Waals surface area contributed by atoms with Gasteiger partial charge in [0.2, 0.25) is 11.8 Å². The van der Waals surface area contributed by atoms with Crippen LogP contribution in [-0.4, -0.2) is 47.8 Å². The molecule has 0 aromatic heterocycles. The van der Waals surface area contributed by atoms with E-state index in [1.165, 1.54) is 11.1 Å². The SMILES string of the molecule is CC(=O)N1CCN(C(=O)C2(c3cccc(C)c3)CCCC2)CC1. The number of rotatable bonds is 2. The molecule has 1 saturated heterocycles. The molecule has 23 heavy (non-hydrogen) atoms. The lowest BCUT2D eigenvalue weighted by Gasteiger charge is -2.40. The van der Waals surface area contributed by atoms with Crippen LogP contribution in [0.2, 0.25) is 0 Å². The van der Waals surface area contributed by atoms with E-state index in [1.807, 2.05) is 9.80 Å². The van der Waals surface area contributed by atoms with Crippen LogP contribution in [0.25, 0.3) is 0 Å². The van der Waals surface area contributed by atoms with Gasteiger partial charge in [0.05, 0.1) is 5.41 Å². The van der Waals surface area contributed by atoms with Crippen LogP contribution in [0, 0.1) is 6.92 Å². The Morgan fingerprint density at radius 2 is 1.61 bits per heavy atom. The normalized spacial score (nSPS) is 20.6. The molecule has 4 nitrogen and oxygen atoms in total. The molecule has 4 heteroatoms. The zero-order valence-corrected chi connectivity index (χ0v) is 14.2. The van der Waals surface area contributed by atoms with Crippen molar-refractivity contribution in [3.05, 3.63) is 35.4 Å². The quantitative estimate of drug-likeness (QED) is 0.841. The maximum absolute atomic E-state index is 13.3. The summed E-state index contributed by atoms with van der Waals surface area (Å²) in [7, 11) is 0. The Labute approximate surface area is 138 Å². The van der Waals surface area contributed by atoms with Gasteiger partial charge in [-0.1, -0.05) is 42.7 Å². The maximum Gasteiger partial charge on any atom is 0.233 e. The molecule has 1 aromatic carbocycles. The topological polar surface area (TPSA) is 40.6 Å². The van der Waals surface area contributed by atoms with Crippen LogP contribution < -0.4 is 0 Å². The van der Waals surface area contributed by atoms with Crippen LogP contribution in [0.4, 0.5) is 0 Å².